The van der Waals surface area contributed by atoms with Crippen molar-refractivity contribution in [1.82, 2.24) is 0 Å². The molecule has 0 heterocycles. The van der Waals surface area contributed by atoms with E-state index in [1.54, 1.807) is 0 Å². The molecule has 0 aromatic rings. The standard InChI is InChI=1S/Ba.Cu.Mn.H2O.H/h;;;1H2;/q+1;;;;/p-1. The molecule has 1 N–H and O–H groups in total. The molecule has 0 unspecified atom stereocenters. The Balaban J connectivity index is 0. The fourth-order valence-electron chi connectivity index (χ4n) is 0. The van der Waals surface area contributed by atoms with Gasteiger partial charge in [0.2, 0.25) is 0 Å². The van der Waals surface area contributed by atoms with Gasteiger partial charge in [0, 0.05) is 34.1 Å². The Bertz CT molecular complexity index is 8.00. The zero-order valence-electron chi connectivity index (χ0n) is 2.13. The molecule has 4 heavy (non-hydrogen) atoms. The molecular formula is H2BaCuMnO. The van der Waals surface area contributed by atoms with Gasteiger partial charge in [-0.25, -0.2) is 0 Å². The Morgan fingerprint density at radius 1 is 1.00 bits per heavy atom. The van der Waals surface area contributed by atoms with Crippen molar-refractivity contribution in [3.05, 3.63) is 0 Å². The predicted molar refractivity (Wildman–Crippen MR) is 9.08 cm³/mol. The van der Waals surface area contributed by atoms with E-state index in [1.807, 2.05) is 0 Å². The molecule has 28 valence electrons. The van der Waals surface area contributed by atoms with Crippen LogP contribution in [-0.4, -0.2) is 54.4 Å². The van der Waals surface area contributed by atoms with Crippen molar-refractivity contribution < 1.29 is 39.6 Å². The van der Waals surface area contributed by atoms with Gasteiger partial charge in [0.1, 0.15) is 0 Å². The van der Waals surface area contributed by atoms with Crippen LogP contribution in [0.1, 0.15) is 0 Å². The van der Waals surface area contributed by atoms with E-state index in [9.17, 15) is 0 Å². The van der Waals surface area contributed by atoms with Gasteiger partial charge in [-0.3, -0.25) is 0 Å². The molecule has 0 aliphatic rings. The first-order valence-electron chi connectivity index (χ1n) is 0. The van der Waals surface area contributed by atoms with Gasteiger partial charge in [-0.15, -0.1) is 0 Å². The molecule has 0 bridgehead atoms. The van der Waals surface area contributed by atoms with Crippen molar-refractivity contribution in [3.63, 3.8) is 0 Å². The van der Waals surface area contributed by atoms with E-state index in [1.165, 1.54) is 0 Å². The van der Waals surface area contributed by atoms with Crippen molar-refractivity contribution in [1.29, 1.82) is 0 Å². The average Bonchev–Trinajstić information content (AvgIpc) is 0. The van der Waals surface area contributed by atoms with E-state index in [0.717, 1.165) is 0 Å². The van der Waals surface area contributed by atoms with E-state index in [4.69, 9.17) is 0 Å². The molecule has 0 aromatic heterocycles. The summed E-state index contributed by atoms with van der Waals surface area (Å²) in [7, 11) is 0. The summed E-state index contributed by atoms with van der Waals surface area (Å²) in [5.41, 5.74) is 0. The monoisotopic (exact) mass is 274 g/mol. The Hall–Kier alpha value is 2.57. The molecule has 0 saturated carbocycles. The number of hydrogen-bond acceptors (Lipinski definition) is 1. The molecule has 0 amide bonds. The maximum absolute atomic E-state index is 0. The van der Waals surface area contributed by atoms with E-state index < -0.39 is 0 Å². The Morgan fingerprint density at radius 3 is 1.00 bits per heavy atom. The average molecular weight is 274 g/mol. The summed E-state index contributed by atoms with van der Waals surface area (Å²) in [5.74, 6) is 0. The third-order valence-electron chi connectivity index (χ3n) is 0. The molecule has 0 aliphatic heterocycles. The molecule has 1 nitrogen and oxygen atoms in total. The third-order valence-corrected chi connectivity index (χ3v) is 0. The van der Waals surface area contributed by atoms with Crippen LogP contribution in [-0.2, 0) is 34.1 Å². The summed E-state index contributed by atoms with van der Waals surface area (Å²) in [6, 6.07) is 0. The van der Waals surface area contributed by atoms with Crippen molar-refractivity contribution in [3.8, 4) is 0 Å². The summed E-state index contributed by atoms with van der Waals surface area (Å²) < 4.78 is 0. The van der Waals surface area contributed by atoms with Crippen LogP contribution in [0.3, 0.4) is 0 Å². The van der Waals surface area contributed by atoms with Gasteiger partial charge in [0.05, 0.1) is 0 Å². The fourth-order valence-corrected chi connectivity index (χ4v) is 0. The number of rotatable bonds is 0. The van der Waals surface area contributed by atoms with E-state index in [-0.39, 0.29) is 88.5 Å². The van der Waals surface area contributed by atoms with Crippen molar-refractivity contribution in [2.45, 2.75) is 0 Å². The van der Waals surface area contributed by atoms with Crippen LogP contribution in [0.5, 0.6) is 0 Å². The minimum Gasteiger partial charge on any atom is -0.870 e. The Kier molecular flexibility index (Phi) is 136. The first-order valence-corrected chi connectivity index (χ1v) is 0. The zero-order chi connectivity index (χ0) is 0. The molecule has 0 saturated heterocycles. The molecule has 2 radical (unpaired) electrons. The van der Waals surface area contributed by atoms with Crippen LogP contribution in [0.25, 0.3) is 0 Å². The maximum atomic E-state index is 0. The summed E-state index contributed by atoms with van der Waals surface area (Å²) in [6.45, 7) is 0. The summed E-state index contributed by atoms with van der Waals surface area (Å²) in [5, 5.41) is 0. The molecule has 0 spiro atoms. The van der Waals surface area contributed by atoms with Crippen molar-refractivity contribution in [2.75, 3.05) is 0 Å². The van der Waals surface area contributed by atoms with E-state index in [0.29, 0.717) is 0 Å². The third kappa shape index (κ3) is 8.82. The fraction of sp³-hybridized carbons (Fsp3) is 0. The molecule has 0 aromatic carbocycles. The van der Waals surface area contributed by atoms with E-state index >= 15 is 0 Å². The second kappa shape index (κ2) is 17.6. The van der Waals surface area contributed by atoms with Crippen LogP contribution in [0, 0.1) is 0 Å². The van der Waals surface area contributed by atoms with Crippen molar-refractivity contribution >= 4 is 48.9 Å². The van der Waals surface area contributed by atoms with Crippen LogP contribution >= 0.6 is 0 Å². The topological polar surface area (TPSA) is 30.0 Å². The maximum Gasteiger partial charge on any atom is 0 e. The van der Waals surface area contributed by atoms with Gasteiger partial charge in [-0.2, -0.15) is 0 Å². The minimum atomic E-state index is 0. The minimum absolute atomic E-state index is 0. The molecule has 0 atom stereocenters. The van der Waals surface area contributed by atoms with Gasteiger partial charge in [-0.1, -0.05) is 0 Å². The smallest absolute Gasteiger partial charge is 0 e. The SMILES string of the molecule is [BaH+].[Cu].[Mn].[OH-]. The quantitative estimate of drug-likeness (QED) is 0.530. The van der Waals surface area contributed by atoms with Crippen molar-refractivity contribution in [2.24, 2.45) is 0 Å². The van der Waals surface area contributed by atoms with Gasteiger partial charge in [-0.05, 0) is 0 Å². The molecule has 4 heteroatoms. The Labute approximate surface area is 86.6 Å². The van der Waals surface area contributed by atoms with Gasteiger partial charge < -0.3 is 5.48 Å². The predicted octanol–water partition coefficient (Wildman–Crippen LogP) is -0.830. The first-order chi connectivity index (χ1) is 0. The van der Waals surface area contributed by atoms with Gasteiger partial charge in [0.15, 0.2) is 0 Å². The van der Waals surface area contributed by atoms with E-state index in [2.05, 4.69) is 0 Å². The molecule has 0 rings (SSSR count). The zero-order valence-corrected chi connectivity index (χ0v) is 10.5. The largest absolute Gasteiger partial charge is 0.870 e. The summed E-state index contributed by atoms with van der Waals surface area (Å²) in [4.78, 5) is 0. The second-order valence-corrected chi connectivity index (χ2v) is 0. The van der Waals surface area contributed by atoms with Gasteiger partial charge >= 0.3 is 48.9 Å². The molecular weight excluding hydrogens is 272 g/mol. The normalized spacial score (nSPS) is 0. The number of hydrogen-bond donors (Lipinski definition) is 0. The summed E-state index contributed by atoms with van der Waals surface area (Å²) >= 11 is 0. The molecule has 0 aliphatic carbocycles. The summed E-state index contributed by atoms with van der Waals surface area (Å²) in [6.07, 6.45) is 0. The second-order valence-electron chi connectivity index (χ2n) is 0. The van der Waals surface area contributed by atoms with Crippen LogP contribution in [0.4, 0.5) is 0 Å². The Morgan fingerprint density at radius 2 is 1.00 bits per heavy atom. The molecule has 0 fully saturated rings. The van der Waals surface area contributed by atoms with Gasteiger partial charge in [0.25, 0.3) is 0 Å². The van der Waals surface area contributed by atoms with Crippen LogP contribution in [0.15, 0.2) is 0 Å². The van der Waals surface area contributed by atoms with Crippen LogP contribution < -0.4 is 0 Å². The van der Waals surface area contributed by atoms with Crippen LogP contribution in [0.2, 0.25) is 0 Å². The first kappa shape index (κ1) is 30.9.